The second-order valence-electron chi connectivity index (χ2n) is 6.45. The Morgan fingerprint density at radius 2 is 1.52 bits per heavy atom. The van der Waals surface area contributed by atoms with Gasteiger partial charge in [-0.1, -0.05) is 65.1 Å². The minimum Gasteiger partial charge on any atom is -0.490 e. The van der Waals surface area contributed by atoms with Crippen LogP contribution in [0, 0.1) is 0 Å². The molecule has 3 aromatic carbocycles. The molecular formula is C23H22Cl3NO2. The van der Waals surface area contributed by atoms with E-state index in [-0.39, 0.29) is 0 Å². The molecular weight excluding hydrogens is 429 g/mol. The highest BCUT2D eigenvalue weighted by atomic mass is 35.5. The van der Waals surface area contributed by atoms with Crippen molar-refractivity contribution < 1.29 is 9.47 Å². The third-order valence-corrected chi connectivity index (χ3v) is 5.40. The van der Waals surface area contributed by atoms with Gasteiger partial charge in [0.1, 0.15) is 6.61 Å². The fourth-order valence-corrected chi connectivity index (χ4v) is 3.35. The van der Waals surface area contributed by atoms with Crippen LogP contribution in [0.3, 0.4) is 0 Å². The first-order chi connectivity index (χ1) is 14.1. The van der Waals surface area contributed by atoms with Gasteiger partial charge in [0.2, 0.25) is 0 Å². The number of halogens is 3. The minimum atomic E-state index is 0.376. The van der Waals surface area contributed by atoms with E-state index in [2.05, 4.69) is 5.32 Å². The van der Waals surface area contributed by atoms with E-state index in [4.69, 9.17) is 44.3 Å². The van der Waals surface area contributed by atoms with E-state index in [1.54, 1.807) is 12.1 Å². The van der Waals surface area contributed by atoms with Crippen molar-refractivity contribution in [3.63, 3.8) is 0 Å². The van der Waals surface area contributed by atoms with E-state index in [0.717, 1.165) is 21.7 Å². The topological polar surface area (TPSA) is 30.5 Å². The maximum atomic E-state index is 6.20. The maximum absolute atomic E-state index is 6.20. The number of hydrogen-bond donors (Lipinski definition) is 1. The molecule has 0 aliphatic rings. The molecule has 0 aliphatic carbocycles. The van der Waals surface area contributed by atoms with E-state index in [0.29, 0.717) is 47.8 Å². The largest absolute Gasteiger partial charge is 0.490 e. The summed E-state index contributed by atoms with van der Waals surface area (Å²) in [6.07, 6.45) is 0. The molecule has 29 heavy (non-hydrogen) atoms. The van der Waals surface area contributed by atoms with Crippen LogP contribution in [-0.2, 0) is 19.7 Å². The predicted molar refractivity (Wildman–Crippen MR) is 120 cm³/mol. The van der Waals surface area contributed by atoms with Gasteiger partial charge >= 0.3 is 0 Å². The number of rotatable bonds is 9. The number of ether oxygens (including phenoxy) is 2. The molecule has 0 saturated carbocycles. The number of nitrogens with one attached hydrogen (secondary N) is 1. The molecule has 0 aliphatic heterocycles. The van der Waals surface area contributed by atoms with Gasteiger partial charge in [0.15, 0.2) is 11.5 Å². The van der Waals surface area contributed by atoms with Crippen LogP contribution < -0.4 is 14.8 Å². The molecule has 0 bridgehead atoms. The fourth-order valence-electron chi connectivity index (χ4n) is 2.82. The molecule has 3 aromatic rings. The van der Waals surface area contributed by atoms with Crippen molar-refractivity contribution in [3.8, 4) is 11.5 Å². The molecule has 0 heterocycles. The normalized spacial score (nSPS) is 10.8. The van der Waals surface area contributed by atoms with Crippen LogP contribution in [0.25, 0.3) is 0 Å². The molecule has 0 fully saturated rings. The average Bonchev–Trinajstić information content (AvgIpc) is 2.71. The Bertz CT molecular complexity index is 963. The Morgan fingerprint density at radius 1 is 0.724 bits per heavy atom. The van der Waals surface area contributed by atoms with Crippen molar-refractivity contribution in [3.05, 3.63) is 92.4 Å². The SMILES string of the molecule is CCOc1cc(CNCc2ccccc2Cl)ccc1OCc1ccc(Cl)c(Cl)c1. The lowest BCUT2D eigenvalue weighted by molar-refractivity contribution is 0.269. The van der Waals surface area contributed by atoms with Crippen LogP contribution in [0.1, 0.15) is 23.6 Å². The van der Waals surface area contributed by atoms with Gasteiger partial charge in [-0.3, -0.25) is 0 Å². The van der Waals surface area contributed by atoms with Crippen molar-refractivity contribution in [2.75, 3.05) is 6.61 Å². The first kappa shape index (κ1) is 21.8. The Kier molecular flexibility index (Phi) is 8.08. The van der Waals surface area contributed by atoms with Gasteiger partial charge in [-0.05, 0) is 53.9 Å². The Morgan fingerprint density at radius 3 is 2.28 bits per heavy atom. The lowest BCUT2D eigenvalue weighted by Crippen LogP contribution is -2.13. The number of hydrogen-bond acceptors (Lipinski definition) is 3. The summed E-state index contributed by atoms with van der Waals surface area (Å²) in [7, 11) is 0. The molecule has 3 nitrogen and oxygen atoms in total. The zero-order valence-corrected chi connectivity index (χ0v) is 18.3. The molecule has 0 atom stereocenters. The van der Waals surface area contributed by atoms with E-state index >= 15 is 0 Å². The van der Waals surface area contributed by atoms with E-state index in [1.165, 1.54) is 0 Å². The third-order valence-electron chi connectivity index (χ3n) is 4.29. The Labute approximate surface area is 186 Å². The summed E-state index contributed by atoms with van der Waals surface area (Å²) in [6.45, 7) is 4.27. The van der Waals surface area contributed by atoms with Crippen LogP contribution >= 0.6 is 34.8 Å². The zero-order chi connectivity index (χ0) is 20.6. The average molecular weight is 451 g/mol. The standard InChI is InChI=1S/C23H22Cl3NO2/c1-2-28-23-12-16(13-27-14-18-5-3-4-6-19(18)24)8-10-22(23)29-15-17-7-9-20(25)21(26)11-17/h3-12,27H,2,13-15H2,1H3. The molecule has 0 spiro atoms. The van der Waals surface area contributed by atoms with Crippen molar-refractivity contribution in [1.29, 1.82) is 0 Å². The van der Waals surface area contributed by atoms with Gasteiger partial charge in [-0.2, -0.15) is 0 Å². The summed E-state index contributed by atoms with van der Waals surface area (Å²) < 4.78 is 11.7. The van der Waals surface area contributed by atoms with Crippen LogP contribution in [0.2, 0.25) is 15.1 Å². The van der Waals surface area contributed by atoms with Crippen molar-refractivity contribution in [1.82, 2.24) is 5.32 Å². The minimum absolute atomic E-state index is 0.376. The van der Waals surface area contributed by atoms with Crippen LogP contribution in [0.4, 0.5) is 0 Å². The van der Waals surface area contributed by atoms with E-state index in [9.17, 15) is 0 Å². The van der Waals surface area contributed by atoms with E-state index < -0.39 is 0 Å². The van der Waals surface area contributed by atoms with Gasteiger partial charge in [0, 0.05) is 18.1 Å². The summed E-state index contributed by atoms with van der Waals surface area (Å²) >= 11 is 18.2. The van der Waals surface area contributed by atoms with Gasteiger partial charge in [0.05, 0.1) is 16.7 Å². The van der Waals surface area contributed by atoms with Crippen LogP contribution in [-0.4, -0.2) is 6.61 Å². The monoisotopic (exact) mass is 449 g/mol. The lowest BCUT2D eigenvalue weighted by Gasteiger charge is -2.14. The summed E-state index contributed by atoms with van der Waals surface area (Å²) in [4.78, 5) is 0. The zero-order valence-electron chi connectivity index (χ0n) is 16.1. The molecule has 1 N–H and O–H groups in total. The highest BCUT2D eigenvalue weighted by Crippen LogP contribution is 2.30. The van der Waals surface area contributed by atoms with Crippen molar-refractivity contribution in [2.45, 2.75) is 26.6 Å². The fraction of sp³-hybridized carbons (Fsp3) is 0.217. The maximum Gasteiger partial charge on any atom is 0.161 e. The highest BCUT2D eigenvalue weighted by molar-refractivity contribution is 6.42. The van der Waals surface area contributed by atoms with Crippen molar-refractivity contribution in [2.24, 2.45) is 0 Å². The lowest BCUT2D eigenvalue weighted by atomic mass is 10.1. The van der Waals surface area contributed by atoms with Gasteiger partial charge in [-0.15, -0.1) is 0 Å². The van der Waals surface area contributed by atoms with Gasteiger partial charge in [0.25, 0.3) is 0 Å². The van der Waals surface area contributed by atoms with Gasteiger partial charge in [-0.25, -0.2) is 0 Å². The summed E-state index contributed by atoms with van der Waals surface area (Å²) in [5.74, 6) is 1.40. The molecule has 0 radical (unpaired) electrons. The molecule has 0 unspecified atom stereocenters. The second kappa shape index (κ2) is 10.7. The van der Waals surface area contributed by atoms with Crippen LogP contribution in [0.15, 0.2) is 60.7 Å². The first-order valence-corrected chi connectivity index (χ1v) is 10.5. The smallest absolute Gasteiger partial charge is 0.161 e. The summed E-state index contributed by atoms with van der Waals surface area (Å²) in [5, 5.41) is 5.21. The van der Waals surface area contributed by atoms with Crippen molar-refractivity contribution >= 4 is 34.8 Å². The highest BCUT2D eigenvalue weighted by Gasteiger charge is 2.08. The molecule has 0 aromatic heterocycles. The molecule has 0 saturated heterocycles. The Balaban J connectivity index is 1.63. The molecule has 0 amide bonds. The second-order valence-corrected chi connectivity index (χ2v) is 7.67. The predicted octanol–water partition coefficient (Wildman–Crippen LogP) is 6.91. The quantitative estimate of drug-likeness (QED) is 0.384. The molecule has 152 valence electrons. The Hall–Kier alpha value is -1.91. The summed E-state index contributed by atoms with van der Waals surface area (Å²) in [6, 6.07) is 19.2. The van der Waals surface area contributed by atoms with E-state index in [1.807, 2.05) is 55.5 Å². The molecule has 6 heteroatoms. The first-order valence-electron chi connectivity index (χ1n) is 9.33. The third kappa shape index (κ3) is 6.28. The summed E-state index contributed by atoms with van der Waals surface area (Å²) in [5.41, 5.74) is 3.11. The number of benzene rings is 3. The molecule has 3 rings (SSSR count). The van der Waals surface area contributed by atoms with Gasteiger partial charge < -0.3 is 14.8 Å². The van der Waals surface area contributed by atoms with Crippen LogP contribution in [0.5, 0.6) is 11.5 Å².